The number of H-pyrrole nitrogens is 1. The minimum atomic E-state index is -0.547. The zero-order valence-electron chi connectivity index (χ0n) is 18.2. The number of ketones is 1. The highest BCUT2D eigenvalue weighted by atomic mass is 16.5. The molecule has 0 radical (unpaired) electrons. The van der Waals surface area contributed by atoms with Gasteiger partial charge in [0.2, 0.25) is 0 Å². The van der Waals surface area contributed by atoms with Crippen LogP contribution in [-0.4, -0.2) is 30.9 Å². The van der Waals surface area contributed by atoms with E-state index in [1.807, 2.05) is 37.3 Å². The first-order valence-electron chi connectivity index (χ1n) is 10.3. The van der Waals surface area contributed by atoms with Crippen molar-refractivity contribution in [3.8, 4) is 11.5 Å². The third-order valence-corrected chi connectivity index (χ3v) is 5.71. The van der Waals surface area contributed by atoms with Crippen molar-refractivity contribution in [2.45, 2.75) is 25.7 Å². The van der Waals surface area contributed by atoms with Crippen molar-refractivity contribution in [1.82, 2.24) is 4.98 Å². The molecule has 1 amide bonds. The molecule has 0 spiro atoms. The van der Waals surface area contributed by atoms with Crippen LogP contribution in [0.15, 0.2) is 53.3 Å². The molecule has 0 bridgehead atoms. The number of anilines is 1. The molecule has 0 aliphatic heterocycles. The van der Waals surface area contributed by atoms with Crippen molar-refractivity contribution in [3.63, 3.8) is 0 Å². The first-order valence-corrected chi connectivity index (χ1v) is 10.3. The number of aryl methyl sites for hydroxylation is 1. The lowest BCUT2D eigenvalue weighted by Gasteiger charge is -2.24. The largest absolute Gasteiger partial charge is 0.493 e. The lowest BCUT2D eigenvalue weighted by atomic mass is 9.81. The zero-order valence-corrected chi connectivity index (χ0v) is 18.2. The smallest absolute Gasteiger partial charge is 0.261 e. The lowest BCUT2D eigenvalue weighted by Crippen LogP contribution is -2.29. The van der Waals surface area contributed by atoms with E-state index in [0.717, 1.165) is 11.1 Å². The molecule has 1 heterocycles. The van der Waals surface area contributed by atoms with Gasteiger partial charge in [0, 0.05) is 23.4 Å². The van der Waals surface area contributed by atoms with E-state index in [9.17, 15) is 14.4 Å². The lowest BCUT2D eigenvalue weighted by molar-refractivity contribution is 0.0963. The van der Waals surface area contributed by atoms with Gasteiger partial charge in [-0.05, 0) is 60.7 Å². The number of rotatable bonds is 5. The standard InChI is InChI=1S/C25H24N2O5/c1-14-5-4-6-17(9-14)26-24(29)19-13-18-20(27-25(19)30)10-16(11-21(18)28)15-7-8-22(31-2)23(12-15)32-3/h4-9,12-13,16H,10-11H2,1-3H3,(H,26,29)(H,27,30)/t16-/m0/s1. The number of aromatic amines is 1. The predicted octanol–water partition coefficient (Wildman–Crippen LogP) is 3.87. The summed E-state index contributed by atoms with van der Waals surface area (Å²) in [7, 11) is 3.12. The fourth-order valence-corrected chi connectivity index (χ4v) is 4.06. The number of hydrogen-bond donors (Lipinski definition) is 2. The maximum absolute atomic E-state index is 12.9. The monoisotopic (exact) mass is 432 g/mol. The van der Waals surface area contributed by atoms with Gasteiger partial charge in [-0.1, -0.05) is 18.2 Å². The number of carbonyl (C=O) groups excluding carboxylic acids is 2. The van der Waals surface area contributed by atoms with Crippen LogP contribution in [0, 0.1) is 6.92 Å². The minimum absolute atomic E-state index is 0.0804. The Balaban J connectivity index is 1.61. The summed E-state index contributed by atoms with van der Waals surface area (Å²) in [4.78, 5) is 41.0. The van der Waals surface area contributed by atoms with E-state index in [4.69, 9.17) is 9.47 Å². The Kier molecular flexibility index (Phi) is 5.81. The van der Waals surface area contributed by atoms with Crippen LogP contribution >= 0.6 is 0 Å². The second kappa shape index (κ2) is 8.70. The van der Waals surface area contributed by atoms with Gasteiger partial charge < -0.3 is 19.8 Å². The number of fused-ring (bicyclic) bond motifs is 1. The van der Waals surface area contributed by atoms with Crippen molar-refractivity contribution < 1.29 is 19.1 Å². The van der Waals surface area contributed by atoms with Gasteiger partial charge in [-0.3, -0.25) is 14.4 Å². The molecule has 0 saturated heterocycles. The molecule has 1 aliphatic rings. The van der Waals surface area contributed by atoms with Gasteiger partial charge in [-0.2, -0.15) is 0 Å². The SMILES string of the molecule is COc1ccc([C@@H]2CC(=O)c3cc(C(=O)Nc4cccc(C)c4)c(=O)[nH]c3C2)cc1OC. The van der Waals surface area contributed by atoms with Crippen molar-refractivity contribution >= 4 is 17.4 Å². The number of nitrogens with one attached hydrogen (secondary N) is 2. The van der Waals surface area contributed by atoms with Crippen LogP contribution in [0.3, 0.4) is 0 Å². The highest BCUT2D eigenvalue weighted by molar-refractivity contribution is 6.06. The van der Waals surface area contributed by atoms with Gasteiger partial charge in [0.15, 0.2) is 17.3 Å². The molecule has 0 fully saturated rings. The predicted molar refractivity (Wildman–Crippen MR) is 121 cm³/mol. The number of benzene rings is 2. The molecule has 1 atom stereocenters. The summed E-state index contributed by atoms with van der Waals surface area (Å²) in [5.74, 6) is 0.412. The van der Waals surface area contributed by atoms with Gasteiger partial charge in [-0.15, -0.1) is 0 Å². The van der Waals surface area contributed by atoms with Crippen LogP contribution in [0.4, 0.5) is 5.69 Å². The Hall–Kier alpha value is -3.87. The zero-order chi connectivity index (χ0) is 22.8. The Bertz CT molecular complexity index is 1260. The topological polar surface area (TPSA) is 97.5 Å². The van der Waals surface area contributed by atoms with Crippen LogP contribution < -0.4 is 20.3 Å². The third-order valence-electron chi connectivity index (χ3n) is 5.71. The van der Waals surface area contributed by atoms with E-state index in [0.29, 0.717) is 34.9 Å². The molecule has 0 saturated carbocycles. The molecule has 3 aromatic rings. The van der Waals surface area contributed by atoms with E-state index in [1.165, 1.54) is 6.07 Å². The summed E-state index contributed by atoms with van der Waals surface area (Å²) in [6.45, 7) is 1.91. The average Bonchev–Trinajstić information content (AvgIpc) is 2.78. The van der Waals surface area contributed by atoms with E-state index < -0.39 is 11.5 Å². The van der Waals surface area contributed by atoms with Crippen LogP contribution in [0.25, 0.3) is 0 Å². The van der Waals surface area contributed by atoms with E-state index in [2.05, 4.69) is 10.3 Å². The second-order valence-corrected chi connectivity index (χ2v) is 7.87. The Labute approximate surface area is 185 Å². The summed E-state index contributed by atoms with van der Waals surface area (Å²) >= 11 is 0. The molecular weight excluding hydrogens is 408 g/mol. The fourth-order valence-electron chi connectivity index (χ4n) is 4.06. The molecule has 7 heteroatoms. The van der Waals surface area contributed by atoms with Gasteiger partial charge in [0.05, 0.1) is 14.2 Å². The highest BCUT2D eigenvalue weighted by Crippen LogP contribution is 2.36. The molecule has 4 rings (SSSR count). The quantitative estimate of drug-likeness (QED) is 0.638. The number of Topliss-reactive ketones (excluding diaryl/α,β-unsaturated/α-hetero) is 1. The molecular formula is C25H24N2O5. The van der Waals surface area contributed by atoms with Crippen molar-refractivity contribution in [1.29, 1.82) is 0 Å². The minimum Gasteiger partial charge on any atom is -0.493 e. The number of hydrogen-bond acceptors (Lipinski definition) is 5. The Morgan fingerprint density at radius 2 is 1.78 bits per heavy atom. The number of methoxy groups -OCH3 is 2. The summed E-state index contributed by atoms with van der Waals surface area (Å²) in [6.07, 6.45) is 0.749. The molecule has 0 unspecified atom stereocenters. The third kappa shape index (κ3) is 4.14. The maximum atomic E-state index is 12.9. The number of amides is 1. The van der Waals surface area contributed by atoms with Gasteiger partial charge >= 0.3 is 0 Å². The Morgan fingerprint density at radius 1 is 1.00 bits per heavy atom. The van der Waals surface area contributed by atoms with E-state index in [1.54, 1.807) is 26.4 Å². The van der Waals surface area contributed by atoms with Gasteiger partial charge in [-0.25, -0.2) is 0 Å². The molecule has 164 valence electrons. The number of carbonyl (C=O) groups is 2. The van der Waals surface area contributed by atoms with Crippen molar-refractivity contribution in [3.05, 3.63) is 86.8 Å². The number of aromatic nitrogens is 1. The Morgan fingerprint density at radius 3 is 2.50 bits per heavy atom. The van der Waals surface area contributed by atoms with Crippen molar-refractivity contribution in [2.24, 2.45) is 0 Å². The van der Waals surface area contributed by atoms with Crippen LogP contribution in [0.1, 0.15) is 49.9 Å². The number of pyridine rings is 1. The first-order chi connectivity index (χ1) is 15.4. The van der Waals surface area contributed by atoms with Crippen LogP contribution in [0.2, 0.25) is 0 Å². The average molecular weight is 432 g/mol. The first kappa shape index (κ1) is 21.4. The van der Waals surface area contributed by atoms with E-state index >= 15 is 0 Å². The second-order valence-electron chi connectivity index (χ2n) is 7.87. The van der Waals surface area contributed by atoms with Gasteiger partial charge in [0.1, 0.15) is 5.56 Å². The van der Waals surface area contributed by atoms with Crippen LogP contribution in [0.5, 0.6) is 11.5 Å². The maximum Gasteiger partial charge on any atom is 0.261 e. The van der Waals surface area contributed by atoms with Crippen molar-refractivity contribution in [2.75, 3.05) is 19.5 Å². The molecule has 32 heavy (non-hydrogen) atoms. The molecule has 1 aromatic heterocycles. The summed E-state index contributed by atoms with van der Waals surface area (Å²) in [6, 6.07) is 14.2. The fraction of sp³-hybridized carbons (Fsp3) is 0.240. The molecule has 7 nitrogen and oxygen atoms in total. The van der Waals surface area contributed by atoms with Crippen LogP contribution in [-0.2, 0) is 6.42 Å². The van der Waals surface area contributed by atoms with E-state index in [-0.39, 0.29) is 23.7 Å². The summed E-state index contributed by atoms with van der Waals surface area (Å²) in [5, 5.41) is 2.72. The summed E-state index contributed by atoms with van der Waals surface area (Å²) < 4.78 is 10.6. The highest BCUT2D eigenvalue weighted by Gasteiger charge is 2.29. The van der Waals surface area contributed by atoms with Gasteiger partial charge in [0.25, 0.3) is 11.5 Å². The molecule has 2 N–H and O–H groups in total. The molecule has 2 aromatic carbocycles. The normalized spacial score (nSPS) is 15.1. The summed E-state index contributed by atoms with van der Waals surface area (Å²) in [5.41, 5.74) is 2.82. The molecule has 1 aliphatic carbocycles. The number of ether oxygens (including phenoxy) is 2.